The van der Waals surface area contributed by atoms with E-state index in [0.717, 1.165) is 52.0 Å². The van der Waals surface area contributed by atoms with Gasteiger partial charge in [-0.2, -0.15) is 0 Å². The number of nitrogens with zero attached hydrogens (tertiary/aromatic N) is 1. The van der Waals surface area contributed by atoms with E-state index >= 15 is 0 Å². The van der Waals surface area contributed by atoms with Crippen molar-refractivity contribution in [1.82, 2.24) is 4.90 Å². The molecule has 0 bridgehead atoms. The Morgan fingerprint density at radius 2 is 1.68 bits per heavy atom. The van der Waals surface area contributed by atoms with Crippen LogP contribution in [0.4, 0.5) is 0 Å². The maximum absolute atomic E-state index is 12.2. The van der Waals surface area contributed by atoms with Gasteiger partial charge in [0.05, 0.1) is 26.4 Å². The van der Waals surface area contributed by atoms with Gasteiger partial charge in [-0.1, -0.05) is 0 Å². The molecule has 108 valence electrons. The van der Waals surface area contributed by atoms with Crippen LogP contribution in [0.1, 0.15) is 32.1 Å². The van der Waals surface area contributed by atoms with Gasteiger partial charge in [0.25, 0.3) is 0 Å². The zero-order valence-corrected chi connectivity index (χ0v) is 11.4. The molecule has 1 amide bonds. The lowest BCUT2D eigenvalue weighted by atomic mass is 9.83. The molecule has 5 heteroatoms. The topological polar surface area (TPSA) is 48.0 Å². The van der Waals surface area contributed by atoms with Crippen LogP contribution in [0.5, 0.6) is 0 Å². The number of morpholine rings is 1. The Kier molecular flexibility index (Phi) is 4.05. The maximum Gasteiger partial charge on any atom is 0.223 e. The molecule has 0 aromatic rings. The third-order valence-corrected chi connectivity index (χ3v) is 4.51. The molecule has 0 aromatic heterocycles. The summed E-state index contributed by atoms with van der Waals surface area (Å²) in [6.45, 7) is 4.31. The summed E-state index contributed by atoms with van der Waals surface area (Å²) < 4.78 is 16.7. The molecular formula is C14H23NO4. The molecule has 0 aromatic carbocycles. The predicted octanol–water partition coefficient (Wildman–Crippen LogP) is 1.17. The lowest BCUT2D eigenvalue weighted by Gasteiger charge is -2.36. The van der Waals surface area contributed by atoms with Crippen LogP contribution in [0, 0.1) is 5.92 Å². The minimum absolute atomic E-state index is 0.289. The largest absolute Gasteiger partial charge is 0.378 e. The Balaban J connectivity index is 1.45. The molecular weight excluding hydrogens is 246 g/mol. The fraction of sp³-hybridized carbons (Fsp3) is 0.929. The van der Waals surface area contributed by atoms with Crippen molar-refractivity contribution in [3.05, 3.63) is 0 Å². The molecule has 1 aliphatic carbocycles. The van der Waals surface area contributed by atoms with Crippen molar-refractivity contribution >= 4 is 5.91 Å². The van der Waals surface area contributed by atoms with Gasteiger partial charge in [-0.05, 0) is 18.8 Å². The SMILES string of the molecule is O=C(CC1CCC2(CC1)OCCO2)N1CCOCC1. The normalized spacial score (nSPS) is 27.9. The number of rotatable bonds is 2. The monoisotopic (exact) mass is 269 g/mol. The number of hydrogen-bond acceptors (Lipinski definition) is 4. The van der Waals surface area contributed by atoms with E-state index in [0.29, 0.717) is 25.6 Å². The molecule has 2 saturated heterocycles. The van der Waals surface area contributed by atoms with Crippen LogP contribution >= 0.6 is 0 Å². The summed E-state index contributed by atoms with van der Waals surface area (Å²) in [6.07, 6.45) is 4.63. The molecule has 5 nitrogen and oxygen atoms in total. The molecule has 1 saturated carbocycles. The second-order valence-electron chi connectivity index (χ2n) is 5.75. The van der Waals surface area contributed by atoms with Crippen molar-refractivity contribution < 1.29 is 19.0 Å². The first-order valence-electron chi connectivity index (χ1n) is 7.41. The minimum atomic E-state index is -0.307. The highest BCUT2D eigenvalue weighted by molar-refractivity contribution is 5.76. The van der Waals surface area contributed by atoms with E-state index in [9.17, 15) is 4.79 Å². The molecule has 0 atom stereocenters. The van der Waals surface area contributed by atoms with Crippen molar-refractivity contribution in [1.29, 1.82) is 0 Å². The average Bonchev–Trinajstić information content (AvgIpc) is 2.91. The summed E-state index contributed by atoms with van der Waals surface area (Å²) >= 11 is 0. The maximum atomic E-state index is 12.2. The smallest absolute Gasteiger partial charge is 0.223 e. The fourth-order valence-corrected chi connectivity index (χ4v) is 3.30. The van der Waals surface area contributed by atoms with Crippen LogP contribution in [-0.2, 0) is 19.0 Å². The molecule has 2 heterocycles. The van der Waals surface area contributed by atoms with Crippen LogP contribution in [0.15, 0.2) is 0 Å². The van der Waals surface area contributed by atoms with Crippen molar-refractivity contribution in [3.8, 4) is 0 Å². The summed E-state index contributed by atoms with van der Waals surface area (Å²) in [6, 6.07) is 0. The second kappa shape index (κ2) is 5.77. The molecule has 3 rings (SSSR count). The van der Waals surface area contributed by atoms with Crippen LogP contribution in [0.25, 0.3) is 0 Å². The lowest BCUT2D eigenvalue weighted by Crippen LogP contribution is -2.42. The number of carbonyl (C=O) groups is 1. The van der Waals surface area contributed by atoms with E-state index in [1.165, 1.54) is 0 Å². The molecule has 3 aliphatic rings. The minimum Gasteiger partial charge on any atom is -0.378 e. The van der Waals surface area contributed by atoms with Gasteiger partial charge in [-0.3, -0.25) is 4.79 Å². The highest BCUT2D eigenvalue weighted by atomic mass is 16.7. The summed E-state index contributed by atoms with van der Waals surface area (Å²) in [7, 11) is 0. The first kappa shape index (κ1) is 13.3. The highest BCUT2D eigenvalue weighted by Crippen LogP contribution is 2.39. The summed E-state index contributed by atoms with van der Waals surface area (Å²) in [4.78, 5) is 14.1. The van der Waals surface area contributed by atoms with Gasteiger partial charge in [0.1, 0.15) is 0 Å². The first-order valence-corrected chi connectivity index (χ1v) is 7.41. The number of amides is 1. The number of hydrogen-bond donors (Lipinski definition) is 0. The average molecular weight is 269 g/mol. The summed E-state index contributed by atoms with van der Waals surface area (Å²) in [5, 5.41) is 0. The molecule has 1 spiro atoms. The van der Waals surface area contributed by atoms with Crippen LogP contribution < -0.4 is 0 Å². The van der Waals surface area contributed by atoms with Crippen molar-refractivity contribution in [2.24, 2.45) is 5.92 Å². The Bertz CT molecular complexity index is 311. The van der Waals surface area contributed by atoms with E-state index < -0.39 is 0 Å². The standard InChI is InChI=1S/C14H23NO4/c16-13(15-5-7-17-8-6-15)11-12-1-3-14(4-2-12)18-9-10-19-14/h12H,1-11H2. The Hall–Kier alpha value is -0.650. The molecule has 2 aliphatic heterocycles. The van der Waals surface area contributed by atoms with Gasteiger partial charge < -0.3 is 19.1 Å². The Morgan fingerprint density at radius 3 is 2.32 bits per heavy atom. The summed E-state index contributed by atoms with van der Waals surface area (Å²) in [5.74, 6) is 0.477. The Morgan fingerprint density at radius 1 is 1.05 bits per heavy atom. The zero-order valence-electron chi connectivity index (χ0n) is 11.4. The molecule has 0 N–H and O–H groups in total. The Labute approximate surface area is 114 Å². The van der Waals surface area contributed by atoms with Gasteiger partial charge in [-0.15, -0.1) is 0 Å². The number of carbonyl (C=O) groups excluding carboxylic acids is 1. The third kappa shape index (κ3) is 3.09. The molecule has 0 radical (unpaired) electrons. The van der Waals surface area contributed by atoms with Gasteiger partial charge in [-0.25, -0.2) is 0 Å². The van der Waals surface area contributed by atoms with Crippen molar-refractivity contribution in [2.75, 3.05) is 39.5 Å². The third-order valence-electron chi connectivity index (χ3n) is 4.51. The van der Waals surface area contributed by atoms with Gasteiger partial charge in [0, 0.05) is 32.4 Å². The highest BCUT2D eigenvalue weighted by Gasteiger charge is 2.40. The summed E-state index contributed by atoms with van der Waals surface area (Å²) in [5.41, 5.74) is 0. The molecule has 3 fully saturated rings. The van der Waals surface area contributed by atoms with Crippen molar-refractivity contribution in [2.45, 2.75) is 37.9 Å². The van der Waals surface area contributed by atoms with Crippen molar-refractivity contribution in [3.63, 3.8) is 0 Å². The van der Waals surface area contributed by atoms with E-state index in [1.807, 2.05) is 4.90 Å². The predicted molar refractivity (Wildman–Crippen MR) is 68.6 cm³/mol. The van der Waals surface area contributed by atoms with E-state index in [2.05, 4.69) is 0 Å². The van der Waals surface area contributed by atoms with E-state index in [-0.39, 0.29) is 11.7 Å². The second-order valence-corrected chi connectivity index (χ2v) is 5.75. The van der Waals surface area contributed by atoms with Gasteiger partial charge in [0.15, 0.2) is 5.79 Å². The van der Waals surface area contributed by atoms with E-state index in [1.54, 1.807) is 0 Å². The lowest BCUT2D eigenvalue weighted by molar-refractivity contribution is -0.183. The van der Waals surface area contributed by atoms with Crippen LogP contribution in [0.3, 0.4) is 0 Å². The van der Waals surface area contributed by atoms with Crippen LogP contribution in [0.2, 0.25) is 0 Å². The van der Waals surface area contributed by atoms with Crippen LogP contribution in [-0.4, -0.2) is 56.1 Å². The van der Waals surface area contributed by atoms with E-state index in [4.69, 9.17) is 14.2 Å². The molecule has 19 heavy (non-hydrogen) atoms. The molecule has 0 unspecified atom stereocenters. The first-order chi connectivity index (χ1) is 9.27. The zero-order chi connectivity index (χ0) is 13.1. The fourth-order valence-electron chi connectivity index (χ4n) is 3.30. The number of ether oxygens (including phenoxy) is 3. The quantitative estimate of drug-likeness (QED) is 0.755. The van der Waals surface area contributed by atoms with Gasteiger partial charge in [0.2, 0.25) is 5.91 Å². The van der Waals surface area contributed by atoms with Gasteiger partial charge >= 0.3 is 0 Å².